The number of halogens is 2. The van der Waals surface area contributed by atoms with Crippen molar-refractivity contribution < 1.29 is 0 Å². The van der Waals surface area contributed by atoms with Crippen LogP contribution in [-0.4, -0.2) is 15.2 Å². The summed E-state index contributed by atoms with van der Waals surface area (Å²) in [5.41, 5.74) is 2.33. The Balaban J connectivity index is 2.34. The lowest BCUT2D eigenvalue weighted by Gasteiger charge is -2.10. The SMILES string of the molecule is CCCn1ncc(Cl)c1C1=CC(Cl)CCCC1. The van der Waals surface area contributed by atoms with Crippen molar-refractivity contribution in [3.05, 3.63) is 23.0 Å². The molecule has 0 aliphatic heterocycles. The molecule has 0 bridgehead atoms. The van der Waals surface area contributed by atoms with Gasteiger partial charge in [0.15, 0.2) is 0 Å². The van der Waals surface area contributed by atoms with Crippen LogP contribution in [0.2, 0.25) is 5.02 Å². The van der Waals surface area contributed by atoms with Crippen LogP contribution in [0, 0.1) is 0 Å². The summed E-state index contributed by atoms with van der Waals surface area (Å²) in [5.74, 6) is 0. The van der Waals surface area contributed by atoms with Crippen LogP contribution < -0.4 is 0 Å². The number of hydrogen-bond donors (Lipinski definition) is 0. The molecule has 1 aromatic heterocycles. The molecule has 94 valence electrons. The van der Waals surface area contributed by atoms with Gasteiger partial charge in [0.25, 0.3) is 0 Å². The Hall–Kier alpha value is -0.470. The number of alkyl halides is 1. The Morgan fingerprint density at radius 1 is 1.47 bits per heavy atom. The molecule has 17 heavy (non-hydrogen) atoms. The minimum absolute atomic E-state index is 0.133. The van der Waals surface area contributed by atoms with Gasteiger partial charge < -0.3 is 0 Å². The van der Waals surface area contributed by atoms with Gasteiger partial charge in [-0.3, -0.25) is 4.68 Å². The molecule has 0 radical (unpaired) electrons. The van der Waals surface area contributed by atoms with Gasteiger partial charge in [0, 0.05) is 6.54 Å². The number of nitrogens with zero attached hydrogens (tertiary/aromatic N) is 2. The van der Waals surface area contributed by atoms with Crippen LogP contribution in [0.1, 0.15) is 44.7 Å². The summed E-state index contributed by atoms with van der Waals surface area (Å²) in [6, 6.07) is 0. The summed E-state index contributed by atoms with van der Waals surface area (Å²) in [6.07, 6.45) is 9.44. The van der Waals surface area contributed by atoms with Gasteiger partial charge in [-0.1, -0.05) is 31.0 Å². The molecule has 2 rings (SSSR count). The fraction of sp³-hybridized carbons (Fsp3) is 0.615. The van der Waals surface area contributed by atoms with E-state index in [1.165, 1.54) is 18.4 Å². The summed E-state index contributed by atoms with van der Waals surface area (Å²) in [7, 11) is 0. The number of aryl methyl sites for hydroxylation is 1. The van der Waals surface area contributed by atoms with E-state index in [0.29, 0.717) is 0 Å². The lowest BCUT2D eigenvalue weighted by molar-refractivity contribution is 0.594. The molecule has 1 heterocycles. The Kier molecular flexibility index (Phi) is 4.52. The molecule has 0 amide bonds. The van der Waals surface area contributed by atoms with E-state index in [0.717, 1.165) is 36.5 Å². The van der Waals surface area contributed by atoms with Gasteiger partial charge in [-0.15, -0.1) is 11.6 Å². The first-order chi connectivity index (χ1) is 8.22. The number of allylic oxidation sites excluding steroid dienone is 2. The van der Waals surface area contributed by atoms with Gasteiger partial charge in [0.1, 0.15) is 0 Å². The monoisotopic (exact) mass is 272 g/mol. The average Bonchev–Trinajstić information content (AvgIpc) is 2.52. The first-order valence-corrected chi connectivity index (χ1v) is 7.10. The van der Waals surface area contributed by atoms with Gasteiger partial charge in [0.2, 0.25) is 0 Å². The van der Waals surface area contributed by atoms with Crippen molar-refractivity contribution >= 4 is 28.8 Å². The highest BCUT2D eigenvalue weighted by molar-refractivity contribution is 6.32. The Morgan fingerprint density at radius 2 is 2.29 bits per heavy atom. The van der Waals surface area contributed by atoms with E-state index >= 15 is 0 Å². The van der Waals surface area contributed by atoms with E-state index in [2.05, 4.69) is 18.1 Å². The predicted molar refractivity (Wildman–Crippen MR) is 73.6 cm³/mol. The topological polar surface area (TPSA) is 17.8 Å². The summed E-state index contributed by atoms with van der Waals surface area (Å²) in [4.78, 5) is 0. The second kappa shape index (κ2) is 5.92. The summed E-state index contributed by atoms with van der Waals surface area (Å²) in [6.45, 7) is 3.05. The van der Waals surface area contributed by atoms with Crippen molar-refractivity contribution in [1.82, 2.24) is 9.78 Å². The maximum Gasteiger partial charge on any atom is 0.0862 e. The third-order valence-corrected chi connectivity index (χ3v) is 3.71. The number of hydrogen-bond acceptors (Lipinski definition) is 1. The highest BCUT2D eigenvalue weighted by atomic mass is 35.5. The average molecular weight is 273 g/mol. The van der Waals surface area contributed by atoms with E-state index in [1.54, 1.807) is 6.20 Å². The van der Waals surface area contributed by atoms with Gasteiger partial charge >= 0.3 is 0 Å². The fourth-order valence-electron chi connectivity index (χ4n) is 2.30. The number of rotatable bonds is 3. The maximum atomic E-state index is 6.27. The molecule has 0 spiro atoms. The Morgan fingerprint density at radius 3 is 3.06 bits per heavy atom. The fourth-order valence-corrected chi connectivity index (χ4v) is 2.87. The van der Waals surface area contributed by atoms with Crippen molar-refractivity contribution in [2.75, 3.05) is 0 Å². The van der Waals surface area contributed by atoms with Crippen LogP contribution in [-0.2, 0) is 6.54 Å². The van der Waals surface area contributed by atoms with Crippen molar-refractivity contribution in [3.63, 3.8) is 0 Å². The first kappa shape index (κ1) is 13.0. The van der Waals surface area contributed by atoms with Crippen LogP contribution >= 0.6 is 23.2 Å². The number of aromatic nitrogens is 2. The highest BCUT2D eigenvalue weighted by Gasteiger charge is 2.17. The summed E-state index contributed by atoms with van der Waals surface area (Å²) in [5, 5.41) is 5.22. The zero-order valence-corrected chi connectivity index (χ0v) is 11.6. The second-order valence-corrected chi connectivity index (χ2v) is 5.49. The summed E-state index contributed by atoms with van der Waals surface area (Å²) < 4.78 is 2.00. The normalized spacial score (nSPS) is 21.1. The van der Waals surface area contributed by atoms with Gasteiger partial charge in [-0.2, -0.15) is 5.10 Å². The molecule has 1 unspecified atom stereocenters. The van der Waals surface area contributed by atoms with Gasteiger partial charge in [0.05, 0.1) is 22.3 Å². The molecular formula is C13H18Cl2N2. The minimum Gasteiger partial charge on any atom is -0.264 e. The van der Waals surface area contributed by atoms with E-state index < -0.39 is 0 Å². The Bertz CT molecular complexity index is 410. The van der Waals surface area contributed by atoms with Crippen molar-refractivity contribution in [2.45, 2.75) is 50.9 Å². The van der Waals surface area contributed by atoms with Crippen molar-refractivity contribution in [1.29, 1.82) is 0 Å². The molecule has 0 fully saturated rings. The molecular weight excluding hydrogens is 255 g/mol. The van der Waals surface area contributed by atoms with E-state index in [4.69, 9.17) is 23.2 Å². The second-order valence-electron chi connectivity index (χ2n) is 4.52. The van der Waals surface area contributed by atoms with Gasteiger partial charge in [-0.05, 0) is 31.3 Å². The highest BCUT2D eigenvalue weighted by Crippen LogP contribution is 2.32. The molecule has 1 aliphatic rings. The predicted octanol–water partition coefficient (Wildman–Crippen LogP) is 4.51. The van der Waals surface area contributed by atoms with Crippen LogP contribution in [0.25, 0.3) is 5.57 Å². The molecule has 0 saturated heterocycles. The van der Waals surface area contributed by atoms with Crippen LogP contribution in [0.5, 0.6) is 0 Å². The molecule has 0 aromatic carbocycles. The standard InChI is InChI=1S/C13H18Cl2N2/c1-2-7-17-13(12(15)9-16-17)10-5-3-4-6-11(14)8-10/h8-9,11H,2-7H2,1H3. The molecule has 0 N–H and O–H groups in total. The zero-order chi connectivity index (χ0) is 12.3. The van der Waals surface area contributed by atoms with E-state index in [1.807, 2.05) is 4.68 Å². The zero-order valence-electron chi connectivity index (χ0n) is 10.1. The van der Waals surface area contributed by atoms with Crippen molar-refractivity contribution in [2.24, 2.45) is 0 Å². The van der Waals surface area contributed by atoms with E-state index in [-0.39, 0.29) is 5.38 Å². The van der Waals surface area contributed by atoms with E-state index in [9.17, 15) is 0 Å². The first-order valence-electron chi connectivity index (χ1n) is 6.28. The van der Waals surface area contributed by atoms with Gasteiger partial charge in [-0.25, -0.2) is 0 Å². The Labute approximate surface area is 113 Å². The summed E-state index contributed by atoms with van der Waals surface area (Å²) >= 11 is 12.5. The van der Waals surface area contributed by atoms with Crippen LogP contribution in [0.3, 0.4) is 0 Å². The molecule has 1 aliphatic carbocycles. The smallest absolute Gasteiger partial charge is 0.0862 e. The lowest BCUT2D eigenvalue weighted by Crippen LogP contribution is -2.04. The van der Waals surface area contributed by atoms with Crippen LogP contribution in [0.15, 0.2) is 12.3 Å². The van der Waals surface area contributed by atoms with Crippen LogP contribution in [0.4, 0.5) is 0 Å². The molecule has 4 heteroatoms. The lowest BCUT2D eigenvalue weighted by atomic mass is 10.1. The maximum absolute atomic E-state index is 6.27. The minimum atomic E-state index is 0.133. The third kappa shape index (κ3) is 3.05. The molecule has 1 aromatic rings. The quantitative estimate of drug-likeness (QED) is 0.741. The third-order valence-electron chi connectivity index (χ3n) is 3.09. The van der Waals surface area contributed by atoms with Crippen molar-refractivity contribution in [3.8, 4) is 0 Å². The molecule has 0 saturated carbocycles. The molecule has 2 nitrogen and oxygen atoms in total. The molecule has 1 atom stereocenters. The largest absolute Gasteiger partial charge is 0.264 e.